The van der Waals surface area contributed by atoms with Gasteiger partial charge < -0.3 is 15.6 Å². The molecule has 16 heavy (non-hydrogen) atoms. The smallest absolute Gasteiger partial charge is 0.412 e. The van der Waals surface area contributed by atoms with Crippen molar-refractivity contribution in [2.24, 2.45) is 0 Å². The van der Waals surface area contributed by atoms with E-state index in [1.54, 1.807) is 20.8 Å². The standard InChI is InChI=1S/C11H16N2O3/c1-11(2,3)16-10(15)13-9-6-7(14)4-5-8(9)12/h4-6,14H,12H2,1-3H3,(H,13,15). The Labute approximate surface area is 94.2 Å². The van der Waals surface area contributed by atoms with Crippen LogP contribution in [0.5, 0.6) is 5.75 Å². The summed E-state index contributed by atoms with van der Waals surface area (Å²) in [5.41, 5.74) is 5.74. The van der Waals surface area contributed by atoms with Crippen LogP contribution < -0.4 is 11.1 Å². The van der Waals surface area contributed by atoms with E-state index in [1.165, 1.54) is 18.2 Å². The second-order valence-electron chi connectivity index (χ2n) is 4.40. The maximum absolute atomic E-state index is 11.4. The van der Waals surface area contributed by atoms with Crippen molar-refractivity contribution in [1.82, 2.24) is 0 Å². The van der Waals surface area contributed by atoms with Gasteiger partial charge in [-0.3, -0.25) is 5.32 Å². The summed E-state index contributed by atoms with van der Waals surface area (Å²) in [6.45, 7) is 5.29. The highest BCUT2D eigenvalue weighted by atomic mass is 16.6. The zero-order valence-corrected chi connectivity index (χ0v) is 9.57. The fraction of sp³-hybridized carbons (Fsp3) is 0.364. The van der Waals surface area contributed by atoms with Gasteiger partial charge in [0.25, 0.3) is 0 Å². The molecule has 0 saturated heterocycles. The van der Waals surface area contributed by atoms with Gasteiger partial charge in [0.05, 0.1) is 11.4 Å². The lowest BCUT2D eigenvalue weighted by atomic mass is 10.2. The third-order valence-corrected chi connectivity index (χ3v) is 1.67. The lowest BCUT2D eigenvalue weighted by molar-refractivity contribution is 0.0636. The number of phenolic OH excluding ortho intramolecular Hbond substituents is 1. The highest BCUT2D eigenvalue weighted by Gasteiger charge is 2.16. The van der Waals surface area contributed by atoms with Crippen molar-refractivity contribution in [3.8, 4) is 5.75 Å². The maximum Gasteiger partial charge on any atom is 0.412 e. The van der Waals surface area contributed by atoms with E-state index in [9.17, 15) is 9.90 Å². The Hall–Kier alpha value is -1.91. The van der Waals surface area contributed by atoms with Crippen LogP contribution in [0.4, 0.5) is 16.2 Å². The monoisotopic (exact) mass is 224 g/mol. The molecule has 88 valence electrons. The highest BCUT2D eigenvalue weighted by Crippen LogP contribution is 2.24. The Bertz CT molecular complexity index is 397. The van der Waals surface area contributed by atoms with Gasteiger partial charge in [0.2, 0.25) is 0 Å². The van der Waals surface area contributed by atoms with Crippen molar-refractivity contribution >= 4 is 17.5 Å². The number of ether oxygens (including phenoxy) is 1. The number of nitrogens with one attached hydrogen (secondary N) is 1. The van der Waals surface area contributed by atoms with E-state index in [2.05, 4.69) is 5.32 Å². The molecule has 0 saturated carbocycles. The first-order valence-electron chi connectivity index (χ1n) is 4.86. The SMILES string of the molecule is CC(C)(C)OC(=O)Nc1cc(O)ccc1N. The lowest BCUT2D eigenvalue weighted by Gasteiger charge is -2.20. The number of nitrogens with two attached hydrogens (primary N) is 1. The third-order valence-electron chi connectivity index (χ3n) is 1.67. The molecule has 1 amide bonds. The molecule has 0 aromatic heterocycles. The van der Waals surface area contributed by atoms with Crippen molar-refractivity contribution < 1.29 is 14.6 Å². The van der Waals surface area contributed by atoms with E-state index >= 15 is 0 Å². The molecule has 4 N–H and O–H groups in total. The van der Waals surface area contributed by atoms with Crippen molar-refractivity contribution in [3.63, 3.8) is 0 Å². The number of nitrogen functional groups attached to an aromatic ring is 1. The number of aromatic hydroxyl groups is 1. The molecule has 1 rings (SSSR count). The van der Waals surface area contributed by atoms with Gasteiger partial charge in [0.15, 0.2) is 0 Å². The summed E-state index contributed by atoms with van der Waals surface area (Å²) in [6.07, 6.45) is -0.607. The zero-order valence-electron chi connectivity index (χ0n) is 9.57. The van der Waals surface area contributed by atoms with Crippen molar-refractivity contribution in [2.45, 2.75) is 26.4 Å². The fourth-order valence-corrected chi connectivity index (χ4v) is 1.07. The van der Waals surface area contributed by atoms with Crippen LogP contribution in [0.25, 0.3) is 0 Å². The minimum Gasteiger partial charge on any atom is -0.508 e. The molecule has 5 heteroatoms. The first kappa shape index (κ1) is 12.2. The van der Waals surface area contributed by atoms with Gasteiger partial charge >= 0.3 is 6.09 Å². The summed E-state index contributed by atoms with van der Waals surface area (Å²) in [5, 5.41) is 11.7. The Morgan fingerprint density at radius 2 is 2.06 bits per heavy atom. The summed E-state index contributed by atoms with van der Waals surface area (Å²) < 4.78 is 5.05. The minimum absolute atomic E-state index is 0.0280. The summed E-state index contributed by atoms with van der Waals surface area (Å²) in [4.78, 5) is 11.4. The number of anilines is 2. The number of carbonyl (C=O) groups is 1. The molecule has 0 bridgehead atoms. The van der Waals surface area contributed by atoms with Crippen LogP contribution in [0.1, 0.15) is 20.8 Å². The minimum atomic E-state index is -0.607. The Balaban J connectivity index is 2.73. The Kier molecular flexibility index (Phi) is 3.27. The number of rotatable bonds is 1. The normalized spacial score (nSPS) is 10.9. The topological polar surface area (TPSA) is 84.6 Å². The van der Waals surface area contributed by atoms with E-state index in [-0.39, 0.29) is 5.75 Å². The molecule has 0 heterocycles. The molecule has 0 spiro atoms. The number of phenols is 1. The summed E-state index contributed by atoms with van der Waals surface area (Å²) in [6, 6.07) is 4.30. The van der Waals surface area contributed by atoms with E-state index in [0.717, 1.165) is 0 Å². The average Bonchev–Trinajstić information content (AvgIpc) is 2.08. The number of hydrogen-bond donors (Lipinski definition) is 3. The molecule has 0 radical (unpaired) electrons. The molecule has 0 atom stereocenters. The van der Waals surface area contributed by atoms with E-state index < -0.39 is 11.7 Å². The van der Waals surface area contributed by atoms with Crippen molar-refractivity contribution in [1.29, 1.82) is 0 Å². The first-order chi connectivity index (χ1) is 7.28. The molecule has 1 aromatic carbocycles. The van der Waals surface area contributed by atoms with Gasteiger partial charge in [-0.15, -0.1) is 0 Å². The molecular formula is C11H16N2O3. The quantitative estimate of drug-likeness (QED) is 0.505. The Morgan fingerprint density at radius 1 is 1.44 bits per heavy atom. The molecule has 0 aliphatic heterocycles. The van der Waals surface area contributed by atoms with Crippen LogP contribution in [0.2, 0.25) is 0 Å². The predicted molar refractivity (Wildman–Crippen MR) is 62.4 cm³/mol. The van der Waals surface area contributed by atoms with Crippen LogP contribution in [0, 0.1) is 0 Å². The van der Waals surface area contributed by atoms with Gasteiger partial charge in [-0.2, -0.15) is 0 Å². The van der Waals surface area contributed by atoms with Gasteiger partial charge in [-0.1, -0.05) is 0 Å². The van der Waals surface area contributed by atoms with Crippen LogP contribution in [-0.4, -0.2) is 16.8 Å². The van der Waals surface area contributed by atoms with E-state index in [1.807, 2.05) is 0 Å². The second-order valence-corrected chi connectivity index (χ2v) is 4.40. The average molecular weight is 224 g/mol. The highest BCUT2D eigenvalue weighted by molar-refractivity contribution is 5.89. The maximum atomic E-state index is 11.4. The van der Waals surface area contributed by atoms with Crippen LogP contribution in [0.3, 0.4) is 0 Å². The van der Waals surface area contributed by atoms with Gasteiger partial charge in [0.1, 0.15) is 11.4 Å². The van der Waals surface area contributed by atoms with Crippen LogP contribution in [-0.2, 0) is 4.74 Å². The summed E-state index contributed by atoms with van der Waals surface area (Å²) in [7, 11) is 0. The second kappa shape index (κ2) is 4.30. The predicted octanol–water partition coefficient (Wildman–Crippen LogP) is 2.32. The molecule has 5 nitrogen and oxygen atoms in total. The Morgan fingerprint density at radius 3 is 2.62 bits per heavy atom. The fourth-order valence-electron chi connectivity index (χ4n) is 1.07. The largest absolute Gasteiger partial charge is 0.508 e. The lowest BCUT2D eigenvalue weighted by Crippen LogP contribution is -2.27. The molecule has 1 aromatic rings. The van der Waals surface area contributed by atoms with E-state index in [4.69, 9.17) is 10.5 Å². The molecular weight excluding hydrogens is 208 g/mol. The number of hydrogen-bond acceptors (Lipinski definition) is 4. The number of benzene rings is 1. The van der Waals surface area contributed by atoms with Crippen LogP contribution >= 0.6 is 0 Å². The molecule has 0 fully saturated rings. The summed E-state index contributed by atoms with van der Waals surface area (Å²) >= 11 is 0. The zero-order chi connectivity index (χ0) is 12.3. The van der Waals surface area contributed by atoms with Crippen molar-refractivity contribution in [3.05, 3.63) is 18.2 Å². The number of amides is 1. The van der Waals surface area contributed by atoms with Gasteiger partial charge in [-0.05, 0) is 32.9 Å². The molecule has 0 aliphatic rings. The van der Waals surface area contributed by atoms with Gasteiger partial charge in [0, 0.05) is 6.07 Å². The third kappa shape index (κ3) is 3.68. The number of carbonyl (C=O) groups excluding carboxylic acids is 1. The van der Waals surface area contributed by atoms with Gasteiger partial charge in [-0.25, -0.2) is 4.79 Å². The van der Waals surface area contributed by atoms with Crippen LogP contribution in [0.15, 0.2) is 18.2 Å². The molecule has 0 aliphatic carbocycles. The van der Waals surface area contributed by atoms with E-state index in [0.29, 0.717) is 11.4 Å². The first-order valence-corrected chi connectivity index (χ1v) is 4.86. The van der Waals surface area contributed by atoms with Crippen molar-refractivity contribution in [2.75, 3.05) is 11.1 Å². The summed E-state index contributed by atoms with van der Waals surface area (Å²) in [5.74, 6) is 0.0280. The molecule has 0 unspecified atom stereocenters.